The number of nitrogens with two attached hydrogens (primary N) is 1. The fraction of sp³-hybridized carbons (Fsp3) is 0.625. The van der Waals surface area contributed by atoms with Crippen molar-refractivity contribution in [3.63, 3.8) is 0 Å². The minimum Gasteiger partial charge on any atom is -0.399 e. The Morgan fingerprint density at radius 2 is 1.73 bits per heavy atom. The molecule has 2 aliphatic heterocycles. The third-order valence-corrected chi connectivity index (χ3v) is 6.63. The van der Waals surface area contributed by atoms with Crippen LogP contribution in [0.4, 0.5) is 11.4 Å². The first kappa shape index (κ1) is 15.9. The first-order valence-corrected chi connectivity index (χ1v) is 9.92. The summed E-state index contributed by atoms with van der Waals surface area (Å²) in [5, 5.41) is 0. The van der Waals surface area contributed by atoms with Gasteiger partial charge in [-0.2, -0.15) is 10.6 Å². The minimum atomic E-state index is -2.28. The first-order chi connectivity index (χ1) is 10.4. The van der Waals surface area contributed by atoms with E-state index in [1.165, 1.54) is 11.3 Å². The average Bonchev–Trinajstić information content (AvgIpc) is 2.48. The standard InChI is InChI=1S/C16H27N3O2S/c1-13-12-14(17)2-3-16(13)19-6-4-15(5-7-19)18-8-10-22(20,21)11-9-18/h2-3,12,15,20-21H,4-11,17H2,1H3. The van der Waals surface area contributed by atoms with Gasteiger partial charge in [0.05, 0.1) is 11.5 Å². The predicted molar refractivity (Wildman–Crippen MR) is 95.0 cm³/mol. The molecule has 0 saturated carbocycles. The van der Waals surface area contributed by atoms with E-state index >= 15 is 0 Å². The smallest absolute Gasteiger partial charge is 0.0502 e. The second kappa shape index (κ2) is 6.28. The van der Waals surface area contributed by atoms with Gasteiger partial charge in [0.25, 0.3) is 0 Å². The van der Waals surface area contributed by atoms with Crippen LogP contribution < -0.4 is 10.6 Å². The van der Waals surface area contributed by atoms with E-state index in [2.05, 4.69) is 22.8 Å². The van der Waals surface area contributed by atoms with Crippen molar-refractivity contribution in [2.24, 2.45) is 0 Å². The molecule has 5 nitrogen and oxygen atoms in total. The second-order valence-electron chi connectivity index (χ2n) is 6.51. The number of nitrogens with zero attached hydrogens (tertiary/aromatic N) is 2. The van der Waals surface area contributed by atoms with Crippen LogP contribution in [0.2, 0.25) is 0 Å². The highest BCUT2D eigenvalue weighted by atomic mass is 32.3. The van der Waals surface area contributed by atoms with Gasteiger partial charge in [-0.3, -0.25) is 14.0 Å². The van der Waals surface area contributed by atoms with E-state index in [1.54, 1.807) is 0 Å². The molecule has 0 radical (unpaired) electrons. The molecule has 6 heteroatoms. The number of anilines is 2. The van der Waals surface area contributed by atoms with Crippen molar-refractivity contribution < 1.29 is 9.11 Å². The molecular formula is C16H27N3O2S. The van der Waals surface area contributed by atoms with Crippen molar-refractivity contribution >= 4 is 22.0 Å². The summed E-state index contributed by atoms with van der Waals surface area (Å²) in [6.07, 6.45) is 2.28. The number of aryl methyl sites for hydroxylation is 1. The Hall–Kier alpha value is -0.950. The molecule has 0 atom stereocenters. The number of benzene rings is 1. The lowest BCUT2D eigenvalue weighted by molar-refractivity contribution is 0.179. The molecule has 2 heterocycles. The van der Waals surface area contributed by atoms with Crippen LogP contribution in [0.5, 0.6) is 0 Å². The summed E-state index contributed by atoms with van der Waals surface area (Å²) in [6.45, 7) is 5.89. The summed E-state index contributed by atoms with van der Waals surface area (Å²) in [4.78, 5) is 4.90. The summed E-state index contributed by atoms with van der Waals surface area (Å²) >= 11 is 0. The van der Waals surface area contributed by atoms with Crippen molar-refractivity contribution in [3.05, 3.63) is 23.8 Å². The van der Waals surface area contributed by atoms with Gasteiger partial charge < -0.3 is 10.6 Å². The average molecular weight is 325 g/mol. The van der Waals surface area contributed by atoms with Gasteiger partial charge in [0.2, 0.25) is 0 Å². The number of rotatable bonds is 2. The van der Waals surface area contributed by atoms with E-state index in [-0.39, 0.29) is 0 Å². The highest BCUT2D eigenvalue weighted by Crippen LogP contribution is 2.41. The van der Waals surface area contributed by atoms with Crippen molar-refractivity contribution in [1.82, 2.24) is 4.90 Å². The van der Waals surface area contributed by atoms with Crippen LogP contribution in [0.15, 0.2) is 18.2 Å². The van der Waals surface area contributed by atoms with Gasteiger partial charge in [-0.1, -0.05) is 0 Å². The van der Waals surface area contributed by atoms with E-state index in [9.17, 15) is 9.11 Å². The lowest BCUT2D eigenvalue weighted by atomic mass is 10.0. The van der Waals surface area contributed by atoms with Gasteiger partial charge in [0.15, 0.2) is 0 Å². The molecule has 0 amide bonds. The van der Waals surface area contributed by atoms with E-state index in [1.807, 2.05) is 12.1 Å². The number of hydrogen-bond donors (Lipinski definition) is 3. The topological polar surface area (TPSA) is 73.0 Å². The Morgan fingerprint density at radius 3 is 2.32 bits per heavy atom. The minimum absolute atomic E-state index is 0.546. The molecular weight excluding hydrogens is 298 g/mol. The summed E-state index contributed by atoms with van der Waals surface area (Å²) in [5.41, 5.74) is 9.19. The van der Waals surface area contributed by atoms with Crippen molar-refractivity contribution in [2.75, 3.05) is 48.3 Å². The zero-order chi connectivity index (χ0) is 15.7. The maximum atomic E-state index is 9.73. The van der Waals surface area contributed by atoms with Crippen LogP contribution in [0.25, 0.3) is 0 Å². The molecule has 2 fully saturated rings. The van der Waals surface area contributed by atoms with E-state index in [0.29, 0.717) is 17.5 Å². The largest absolute Gasteiger partial charge is 0.399 e. The lowest BCUT2D eigenvalue weighted by Gasteiger charge is -2.46. The molecule has 0 aliphatic carbocycles. The van der Waals surface area contributed by atoms with E-state index in [4.69, 9.17) is 5.73 Å². The Bertz CT molecular complexity index is 520. The van der Waals surface area contributed by atoms with Crippen LogP contribution in [-0.2, 0) is 0 Å². The molecule has 22 heavy (non-hydrogen) atoms. The Kier molecular flexibility index (Phi) is 4.54. The fourth-order valence-electron chi connectivity index (χ4n) is 3.61. The monoisotopic (exact) mass is 325 g/mol. The quantitative estimate of drug-likeness (QED) is 0.729. The number of piperidine rings is 1. The van der Waals surface area contributed by atoms with Gasteiger partial charge in [-0.25, -0.2) is 0 Å². The SMILES string of the molecule is Cc1cc(N)ccc1N1CCC(N2CCS(O)(O)CC2)CC1. The molecule has 2 saturated heterocycles. The van der Waals surface area contributed by atoms with Crippen molar-refractivity contribution in [1.29, 1.82) is 0 Å². The predicted octanol–water partition coefficient (Wildman–Crippen LogP) is 2.61. The maximum absolute atomic E-state index is 9.73. The summed E-state index contributed by atoms with van der Waals surface area (Å²) in [6, 6.07) is 6.72. The fourth-order valence-corrected chi connectivity index (χ4v) is 4.87. The summed E-state index contributed by atoms with van der Waals surface area (Å²) in [5.74, 6) is 1.09. The lowest BCUT2D eigenvalue weighted by Crippen LogP contribution is -2.49. The molecule has 2 aliphatic rings. The Morgan fingerprint density at radius 1 is 1.09 bits per heavy atom. The Labute approximate surface area is 134 Å². The van der Waals surface area contributed by atoms with Gasteiger partial charge in [-0.15, -0.1) is 0 Å². The van der Waals surface area contributed by atoms with Gasteiger partial charge in [-0.05, 0) is 43.5 Å². The highest BCUT2D eigenvalue weighted by Gasteiger charge is 2.30. The molecule has 0 spiro atoms. The van der Waals surface area contributed by atoms with Crippen molar-refractivity contribution in [2.45, 2.75) is 25.8 Å². The summed E-state index contributed by atoms with van der Waals surface area (Å²) in [7, 11) is -2.28. The summed E-state index contributed by atoms with van der Waals surface area (Å²) < 4.78 is 19.5. The van der Waals surface area contributed by atoms with Gasteiger partial charge >= 0.3 is 0 Å². The van der Waals surface area contributed by atoms with Crippen LogP contribution in [0, 0.1) is 6.92 Å². The van der Waals surface area contributed by atoms with Gasteiger partial charge in [0.1, 0.15) is 0 Å². The third kappa shape index (κ3) is 3.51. The molecule has 1 aromatic carbocycles. The van der Waals surface area contributed by atoms with E-state index in [0.717, 1.165) is 44.7 Å². The van der Waals surface area contributed by atoms with Gasteiger partial charge in [0, 0.05) is 43.6 Å². The van der Waals surface area contributed by atoms with Crippen LogP contribution in [-0.4, -0.2) is 57.7 Å². The molecule has 3 rings (SSSR count). The third-order valence-electron chi connectivity index (χ3n) is 4.95. The molecule has 124 valence electrons. The van der Waals surface area contributed by atoms with Crippen LogP contribution in [0.1, 0.15) is 18.4 Å². The molecule has 0 aromatic heterocycles. The molecule has 1 aromatic rings. The maximum Gasteiger partial charge on any atom is 0.0502 e. The normalized spacial score (nSPS) is 25.1. The molecule has 0 bridgehead atoms. The van der Waals surface area contributed by atoms with Crippen molar-refractivity contribution in [3.8, 4) is 0 Å². The van der Waals surface area contributed by atoms with Crippen LogP contribution >= 0.6 is 10.6 Å². The zero-order valence-corrected chi connectivity index (χ0v) is 14.1. The zero-order valence-electron chi connectivity index (χ0n) is 13.2. The van der Waals surface area contributed by atoms with Crippen LogP contribution in [0.3, 0.4) is 0 Å². The van der Waals surface area contributed by atoms with E-state index < -0.39 is 10.6 Å². The molecule has 0 unspecified atom stereocenters. The first-order valence-electron chi connectivity index (χ1n) is 8.03. The molecule has 4 N–H and O–H groups in total. The second-order valence-corrected chi connectivity index (χ2v) is 8.93. The number of nitrogen functional groups attached to an aromatic ring is 1. The Balaban J connectivity index is 1.56. The number of hydrogen-bond acceptors (Lipinski definition) is 5. The highest BCUT2D eigenvalue weighted by molar-refractivity contribution is 8.24.